The van der Waals surface area contributed by atoms with Gasteiger partial charge in [-0.15, -0.1) is 0 Å². The van der Waals surface area contributed by atoms with E-state index >= 15 is 0 Å². The molecule has 1 aromatic rings. The molecule has 1 heterocycles. The Morgan fingerprint density at radius 2 is 2.17 bits per heavy atom. The third kappa shape index (κ3) is 2.84. The summed E-state index contributed by atoms with van der Waals surface area (Å²) in [6.07, 6.45) is 0.214. The zero-order valence-corrected chi connectivity index (χ0v) is 10.4. The van der Waals surface area contributed by atoms with Gasteiger partial charge >= 0.3 is 0 Å². The van der Waals surface area contributed by atoms with Crippen LogP contribution in [0.15, 0.2) is 18.2 Å². The van der Waals surface area contributed by atoms with Crippen molar-refractivity contribution >= 4 is 11.6 Å². The highest BCUT2D eigenvalue weighted by molar-refractivity contribution is 5.77. The van der Waals surface area contributed by atoms with Crippen molar-refractivity contribution in [2.75, 3.05) is 26.1 Å². The van der Waals surface area contributed by atoms with E-state index in [1.165, 1.54) is 0 Å². The quantitative estimate of drug-likeness (QED) is 0.727. The predicted molar refractivity (Wildman–Crippen MR) is 67.7 cm³/mol. The Labute approximate surface area is 106 Å². The van der Waals surface area contributed by atoms with Gasteiger partial charge in [-0.2, -0.15) is 0 Å². The summed E-state index contributed by atoms with van der Waals surface area (Å²) in [7, 11) is 3.19. The highest BCUT2D eigenvalue weighted by atomic mass is 16.5. The Hall–Kier alpha value is -1.95. The maximum Gasteiger partial charge on any atom is 0.223 e. The Kier molecular flexibility index (Phi) is 3.88. The molecule has 1 unspecified atom stereocenters. The summed E-state index contributed by atoms with van der Waals surface area (Å²) in [6.45, 7) is 0.655. The van der Waals surface area contributed by atoms with Gasteiger partial charge < -0.3 is 20.1 Å². The topological polar surface area (TPSA) is 71.6 Å². The first kappa shape index (κ1) is 12.5. The van der Waals surface area contributed by atoms with E-state index in [9.17, 15) is 4.79 Å². The number of rotatable bonds is 4. The van der Waals surface area contributed by atoms with Gasteiger partial charge in [0, 0.05) is 19.0 Å². The minimum Gasteiger partial charge on any atom is -0.497 e. The fraction of sp³-hybridized carbons (Fsp3) is 0.417. The molecule has 1 fully saturated rings. The van der Waals surface area contributed by atoms with Gasteiger partial charge in [0.25, 0.3) is 0 Å². The minimum absolute atomic E-state index is 0.0266. The Balaban J connectivity index is 2.10. The number of carbonyl (C=O) groups is 1. The van der Waals surface area contributed by atoms with Crippen LogP contribution in [0.3, 0.4) is 0 Å². The molecule has 6 heteroatoms. The van der Waals surface area contributed by atoms with Gasteiger partial charge in [-0.3, -0.25) is 10.1 Å². The van der Waals surface area contributed by atoms with Crippen molar-refractivity contribution < 1.29 is 14.3 Å². The number of anilines is 1. The number of ether oxygens (including phenoxy) is 2. The lowest BCUT2D eigenvalue weighted by Crippen LogP contribution is -2.55. The minimum atomic E-state index is -0.284. The van der Waals surface area contributed by atoms with Crippen LogP contribution < -0.4 is 25.4 Å². The van der Waals surface area contributed by atoms with Crippen LogP contribution >= 0.6 is 0 Å². The van der Waals surface area contributed by atoms with Gasteiger partial charge in [-0.05, 0) is 12.1 Å². The number of amides is 1. The fourth-order valence-corrected chi connectivity index (χ4v) is 1.77. The smallest absolute Gasteiger partial charge is 0.223 e. The lowest BCUT2D eigenvalue weighted by Gasteiger charge is -2.27. The molecular weight excluding hydrogens is 234 g/mol. The Bertz CT molecular complexity index is 437. The predicted octanol–water partition coefficient (Wildman–Crippen LogP) is 0.509. The molecule has 1 aliphatic heterocycles. The first-order valence-electron chi connectivity index (χ1n) is 5.74. The Morgan fingerprint density at radius 3 is 2.83 bits per heavy atom. The van der Waals surface area contributed by atoms with Crippen LogP contribution in [0.5, 0.6) is 11.5 Å². The van der Waals surface area contributed by atoms with E-state index < -0.39 is 0 Å². The van der Waals surface area contributed by atoms with Gasteiger partial charge in [0.1, 0.15) is 11.5 Å². The SMILES string of the molecule is COc1ccc(NC2NCCC(=O)N2)c(OC)c1. The first-order chi connectivity index (χ1) is 8.72. The molecule has 0 spiro atoms. The van der Waals surface area contributed by atoms with Crippen molar-refractivity contribution in [2.45, 2.75) is 12.7 Å². The second kappa shape index (κ2) is 5.59. The molecule has 1 saturated heterocycles. The van der Waals surface area contributed by atoms with Gasteiger partial charge in [0.15, 0.2) is 6.29 Å². The molecule has 18 heavy (non-hydrogen) atoms. The van der Waals surface area contributed by atoms with Crippen molar-refractivity contribution in [1.29, 1.82) is 0 Å². The van der Waals surface area contributed by atoms with Crippen molar-refractivity contribution in [3.63, 3.8) is 0 Å². The van der Waals surface area contributed by atoms with Gasteiger partial charge in [0.05, 0.1) is 19.9 Å². The molecule has 98 valence electrons. The van der Waals surface area contributed by atoms with Crippen molar-refractivity contribution in [1.82, 2.24) is 10.6 Å². The summed E-state index contributed by atoms with van der Waals surface area (Å²) >= 11 is 0. The molecule has 6 nitrogen and oxygen atoms in total. The maximum atomic E-state index is 11.3. The molecule has 0 saturated carbocycles. The van der Waals surface area contributed by atoms with Crippen molar-refractivity contribution in [2.24, 2.45) is 0 Å². The number of hydrogen-bond acceptors (Lipinski definition) is 5. The van der Waals surface area contributed by atoms with Crippen LogP contribution in [0.2, 0.25) is 0 Å². The van der Waals surface area contributed by atoms with Crippen LogP contribution in [-0.2, 0) is 4.79 Å². The van der Waals surface area contributed by atoms with E-state index in [1.54, 1.807) is 20.3 Å². The number of nitrogens with one attached hydrogen (secondary N) is 3. The molecule has 1 aliphatic rings. The van der Waals surface area contributed by atoms with E-state index in [2.05, 4.69) is 16.0 Å². The fourth-order valence-electron chi connectivity index (χ4n) is 1.77. The van der Waals surface area contributed by atoms with Gasteiger partial charge in [-0.25, -0.2) is 0 Å². The van der Waals surface area contributed by atoms with E-state index in [4.69, 9.17) is 9.47 Å². The zero-order chi connectivity index (χ0) is 13.0. The number of carbonyl (C=O) groups excluding carboxylic acids is 1. The molecule has 0 radical (unpaired) electrons. The number of hydrogen-bond donors (Lipinski definition) is 3. The molecule has 3 N–H and O–H groups in total. The van der Waals surface area contributed by atoms with Crippen LogP contribution in [0.25, 0.3) is 0 Å². The maximum absolute atomic E-state index is 11.3. The molecule has 0 aromatic heterocycles. The average molecular weight is 251 g/mol. The monoisotopic (exact) mass is 251 g/mol. The largest absolute Gasteiger partial charge is 0.497 e. The lowest BCUT2D eigenvalue weighted by molar-refractivity contribution is -0.123. The highest BCUT2D eigenvalue weighted by Gasteiger charge is 2.18. The summed E-state index contributed by atoms with van der Waals surface area (Å²) in [6, 6.07) is 5.46. The number of benzene rings is 1. The second-order valence-corrected chi connectivity index (χ2v) is 3.92. The summed E-state index contributed by atoms with van der Waals surface area (Å²) in [4.78, 5) is 11.3. The van der Waals surface area contributed by atoms with E-state index in [1.807, 2.05) is 12.1 Å². The summed E-state index contributed by atoms with van der Waals surface area (Å²) in [5.74, 6) is 1.41. The van der Waals surface area contributed by atoms with E-state index in [-0.39, 0.29) is 12.2 Å². The standard InChI is InChI=1S/C12H17N3O3/c1-17-8-3-4-9(10(7-8)18-2)14-12-13-6-5-11(16)15-12/h3-4,7,12-14H,5-6H2,1-2H3,(H,15,16). The Morgan fingerprint density at radius 1 is 1.33 bits per heavy atom. The van der Waals surface area contributed by atoms with Crippen LogP contribution in [0, 0.1) is 0 Å². The van der Waals surface area contributed by atoms with Crippen LogP contribution in [0.1, 0.15) is 6.42 Å². The van der Waals surface area contributed by atoms with Gasteiger partial charge in [-0.1, -0.05) is 0 Å². The summed E-state index contributed by atoms with van der Waals surface area (Å²) < 4.78 is 10.4. The van der Waals surface area contributed by atoms with E-state index in [0.29, 0.717) is 18.7 Å². The molecule has 0 aliphatic carbocycles. The molecular formula is C12H17N3O3. The first-order valence-corrected chi connectivity index (χ1v) is 5.74. The second-order valence-electron chi connectivity index (χ2n) is 3.92. The zero-order valence-electron chi connectivity index (χ0n) is 10.4. The van der Waals surface area contributed by atoms with Crippen LogP contribution in [-0.4, -0.2) is 33.0 Å². The molecule has 1 atom stereocenters. The summed E-state index contributed by atoms with van der Waals surface area (Å²) in [5.41, 5.74) is 0.790. The number of methoxy groups -OCH3 is 2. The third-order valence-electron chi connectivity index (χ3n) is 2.71. The summed E-state index contributed by atoms with van der Waals surface area (Å²) in [5, 5.41) is 9.10. The van der Waals surface area contributed by atoms with Crippen molar-refractivity contribution in [3.05, 3.63) is 18.2 Å². The molecule has 1 aromatic carbocycles. The molecule has 1 amide bonds. The molecule has 0 bridgehead atoms. The lowest BCUT2D eigenvalue weighted by atomic mass is 10.2. The highest BCUT2D eigenvalue weighted by Crippen LogP contribution is 2.29. The van der Waals surface area contributed by atoms with Crippen LogP contribution in [0.4, 0.5) is 5.69 Å². The third-order valence-corrected chi connectivity index (χ3v) is 2.71. The van der Waals surface area contributed by atoms with Gasteiger partial charge in [0.2, 0.25) is 5.91 Å². The average Bonchev–Trinajstić information content (AvgIpc) is 2.39. The normalized spacial score (nSPS) is 19.0. The van der Waals surface area contributed by atoms with E-state index in [0.717, 1.165) is 11.4 Å². The van der Waals surface area contributed by atoms with Crippen molar-refractivity contribution in [3.8, 4) is 11.5 Å². The molecule has 2 rings (SSSR count).